The Bertz CT molecular complexity index is 449. The van der Waals surface area contributed by atoms with Gasteiger partial charge in [-0.1, -0.05) is 0 Å². The Morgan fingerprint density at radius 1 is 1.71 bits per heavy atom. The molecular weight excluding hydrogens is 308 g/mol. The van der Waals surface area contributed by atoms with Gasteiger partial charge in [0.2, 0.25) is 0 Å². The van der Waals surface area contributed by atoms with Crippen LogP contribution in [0.15, 0.2) is 15.9 Å². The number of hydrogen-bond acceptors (Lipinski definition) is 4. The summed E-state index contributed by atoms with van der Waals surface area (Å²) in [6.07, 6.45) is 0. The molecule has 2 rings (SSSR count). The van der Waals surface area contributed by atoms with Gasteiger partial charge in [0.05, 0.1) is 16.9 Å². The second-order valence-electron chi connectivity index (χ2n) is 3.60. The summed E-state index contributed by atoms with van der Waals surface area (Å²) in [5.41, 5.74) is 0. The van der Waals surface area contributed by atoms with Crippen LogP contribution >= 0.6 is 27.3 Å². The van der Waals surface area contributed by atoms with Crippen LogP contribution in [0.5, 0.6) is 0 Å². The molecule has 1 N–H and O–H groups in total. The molecule has 2 amide bonds. The van der Waals surface area contributed by atoms with E-state index in [0.717, 1.165) is 8.66 Å². The Labute approximate surface area is 111 Å². The summed E-state index contributed by atoms with van der Waals surface area (Å²) in [6, 6.07) is 3.62. The molecule has 0 radical (unpaired) electrons. The minimum absolute atomic E-state index is 0.00855. The lowest BCUT2D eigenvalue weighted by Gasteiger charge is -2.12. The maximum Gasteiger partial charge on any atom is 0.325 e. The molecular formula is C10H11BrN2O3S. The summed E-state index contributed by atoms with van der Waals surface area (Å²) in [4.78, 5) is 25.2. The number of esters is 1. The summed E-state index contributed by atoms with van der Waals surface area (Å²) < 4.78 is 5.56. The molecule has 0 bridgehead atoms. The van der Waals surface area contributed by atoms with E-state index in [2.05, 4.69) is 26.0 Å². The van der Waals surface area contributed by atoms with Crippen molar-refractivity contribution < 1.29 is 14.3 Å². The van der Waals surface area contributed by atoms with E-state index in [1.165, 1.54) is 12.0 Å². The average Bonchev–Trinajstić information content (AvgIpc) is 2.86. The SMILES string of the molecule is COC(=O)CN1CC(c2ccc(Br)s2)NC1=O. The maximum atomic E-state index is 11.6. The molecule has 1 fully saturated rings. The molecule has 1 saturated heterocycles. The smallest absolute Gasteiger partial charge is 0.325 e. The first kappa shape index (κ1) is 12.4. The van der Waals surface area contributed by atoms with Crippen LogP contribution in [0.1, 0.15) is 10.9 Å². The molecule has 1 aliphatic rings. The fourth-order valence-corrected chi connectivity index (χ4v) is 3.09. The highest BCUT2D eigenvalue weighted by atomic mass is 79.9. The standard InChI is InChI=1S/C10H11BrN2O3S/c1-16-9(14)5-13-4-6(12-10(13)15)7-2-3-8(11)17-7/h2-3,6H,4-5H2,1H3,(H,12,15). The molecule has 1 aliphatic heterocycles. The van der Waals surface area contributed by atoms with Crippen molar-refractivity contribution in [1.29, 1.82) is 0 Å². The zero-order valence-electron chi connectivity index (χ0n) is 9.10. The largest absolute Gasteiger partial charge is 0.468 e. The van der Waals surface area contributed by atoms with Crippen LogP contribution in [0.3, 0.4) is 0 Å². The molecule has 17 heavy (non-hydrogen) atoms. The molecule has 7 heteroatoms. The van der Waals surface area contributed by atoms with Gasteiger partial charge in [0, 0.05) is 11.4 Å². The summed E-state index contributed by atoms with van der Waals surface area (Å²) in [5.74, 6) is -0.409. The number of ether oxygens (including phenoxy) is 1. The number of methoxy groups -OCH3 is 1. The summed E-state index contributed by atoms with van der Waals surface area (Å²) in [5, 5.41) is 2.83. The molecule has 0 aromatic carbocycles. The number of hydrogen-bond donors (Lipinski definition) is 1. The molecule has 1 atom stereocenters. The highest BCUT2D eigenvalue weighted by molar-refractivity contribution is 9.11. The van der Waals surface area contributed by atoms with Gasteiger partial charge in [-0.25, -0.2) is 4.79 Å². The molecule has 92 valence electrons. The van der Waals surface area contributed by atoms with E-state index in [0.29, 0.717) is 6.54 Å². The van der Waals surface area contributed by atoms with Crippen molar-refractivity contribution >= 4 is 39.3 Å². The fraction of sp³-hybridized carbons (Fsp3) is 0.400. The second-order valence-corrected chi connectivity index (χ2v) is 6.10. The summed E-state index contributed by atoms with van der Waals surface area (Å²) in [6.45, 7) is 0.478. The van der Waals surface area contributed by atoms with Gasteiger partial charge in [0.1, 0.15) is 6.54 Å². The van der Waals surface area contributed by atoms with Crippen LogP contribution < -0.4 is 5.32 Å². The molecule has 0 saturated carbocycles. The second kappa shape index (κ2) is 5.05. The minimum Gasteiger partial charge on any atom is -0.468 e. The van der Waals surface area contributed by atoms with Gasteiger partial charge < -0.3 is 15.0 Å². The van der Waals surface area contributed by atoms with E-state index in [1.807, 2.05) is 12.1 Å². The van der Waals surface area contributed by atoms with Gasteiger partial charge in [-0.15, -0.1) is 11.3 Å². The van der Waals surface area contributed by atoms with E-state index in [-0.39, 0.29) is 18.6 Å². The van der Waals surface area contributed by atoms with Crippen molar-refractivity contribution in [2.24, 2.45) is 0 Å². The minimum atomic E-state index is -0.409. The molecule has 1 aromatic heterocycles. The number of nitrogens with one attached hydrogen (secondary N) is 1. The zero-order valence-corrected chi connectivity index (χ0v) is 11.5. The van der Waals surface area contributed by atoms with E-state index in [4.69, 9.17) is 0 Å². The number of carbonyl (C=O) groups excluding carboxylic acids is 2. The van der Waals surface area contributed by atoms with Gasteiger partial charge in [-0.3, -0.25) is 4.79 Å². The Kier molecular flexibility index (Phi) is 3.68. The first-order chi connectivity index (χ1) is 8.10. The summed E-state index contributed by atoms with van der Waals surface area (Å²) >= 11 is 4.95. The quantitative estimate of drug-likeness (QED) is 0.864. The van der Waals surface area contributed by atoms with Crippen LogP contribution in [-0.4, -0.2) is 37.1 Å². The van der Waals surface area contributed by atoms with Gasteiger partial charge >= 0.3 is 12.0 Å². The third-order valence-corrected chi connectivity index (χ3v) is 4.21. The van der Waals surface area contributed by atoms with Crippen molar-refractivity contribution in [2.45, 2.75) is 6.04 Å². The lowest BCUT2D eigenvalue weighted by atomic mass is 10.2. The van der Waals surface area contributed by atoms with Crippen molar-refractivity contribution in [1.82, 2.24) is 10.2 Å². The topological polar surface area (TPSA) is 58.6 Å². The van der Waals surface area contributed by atoms with Crippen molar-refractivity contribution in [3.63, 3.8) is 0 Å². The van der Waals surface area contributed by atoms with E-state index in [9.17, 15) is 9.59 Å². The van der Waals surface area contributed by atoms with E-state index in [1.54, 1.807) is 11.3 Å². The number of nitrogens with zero attached hydrogens (tertiary/aromatic N) is 1. The van der Waals surface area contributed by atoms with E-state index >= 15 is 0 Å². The average molecular weight is 319 g/mol. The number of thiophene rings is 1. The Morgan fingerprint density at radius 2 is 2.47 bits per heavy atom. The molecule has 0 spiro atoms. The van der Waals surface area contributed by atoms with Crippen LogP contribution in [0.2, 0.25) is 0 Å². The molecule has 2 heterocycles. The van der Waals surface area contributed by atoms with Gasteiger partial charge in [0.25, 0.3) is 0 Å². The highest BCUT2D eigenvalue weighted by Crippen LogP contribution is 2.29. The molecule has 0 aliphatic carbocycles. The highest BCUT2D eigenvalue weighted by Gasteiger charge is 2.31. The number of urea groups is 1. The molecule has 1 unspecified atom stereocenters. The first-order valence-electron chi connectivity index (χ1n) is 4.97. The summed E-state index contributed by atoms with van der Waals surface area (Å²) in [7, 11) is 1.31. The predicted molar refractivity (Wildman–Crippen MR) is 66.9 cm³/mol. The molecule has 5 nitrogen and oxygen atoms in total. The Morgan fingerprint density at radius 3 is 3.06 bits per heavy atom. The lowest BCUT2D eigenvalue weighted by Crippen LogP contribution is -2.33. The first-order valence-corrected chi connectivity index (χ1v) is 6.58. The number of carbonyl (C=O) groups is 2. The van der Waals surface area contributed by atoms with Gasteiger partial charge in [0.15, 0.2) is 0 Å². The lowest BCUT2D eigenvalue weighted by molar-refractivity contribution is -0.141. The number of rotatable bonds is 3. The van der Waals surface area contributed by atoms with Crippen LogP contribution in [0, 0.1) is 0 Å². The van der Waals surface area contributed by atoms with Crippen molar-refractivity contribution in [3.05, 3.63) is 20.8 Å². The van der Waals surface area contributed by atoms with Gasteiger partial charge in [-0.2, -0.15) is 0 Å². The number of halogens is 1. The third kappa shape index (κ3) is 2.78. The monoisotopic (exact) mass is 318 g/mol. The van der Waals surface area contributed by atoms with Crippen LogP contribution in [-0.2, 0) is 9.53 Å². The predicted octanol–water partition coefficient (Wildman–Crippen LogP) is 1.75. The fourth-order valence-electron chi connectivity index (χ4n) is 1.62. The zero-order chi connectivity index (χ0) is 12.4. The van der Waals surface area contributed by atoms with Crippen LogP contribution in [0.25, 0.3) is 0 Å². The third-order valence-electron chi connectivity index (χ3n) is 2.47. The van der Waals surface area contributed by atoms with Gasteiger partial charge in [-0.05, 0) is 28.1 Å². The maximum absolute atomic E-state index is 11.6. The van der Waals surface area contributed by atoms with E-state index < -0.39 is 5.97 Å². The normalized spacial score (nSPS) is 19.3. The number of amides is 2. The Hall–Kier alpha value is -1.08. The van der Waals surface area contributed by atoms with Crippen molar-refractivity contribution in [2.75, 3.05) is 20.2 Å². The van der Waals surface area contributed by atoms with Crippen molar-refractivity contribution in [3.8, 4) is 0 Å². The Balaban J connectivity index is 2.02. The molecule has 1 aromatic rings. The van der Waals surface area contributed by atoms with Crippen LogP contribution in [0.4, 0.5) is 4.79 Å².